The monoisotopic (exact) mass is 268 g/mol. The van der Waals surface area contributed by atoms with Crippen molar-refractivity contribution in [2.24, 2.45) is 5.73 Å². The molecule has 2 heterocycles. The second-order valence-corrected chi connectivity index (χ2v) is 6.12. The number of nitrogens with zero attached hydrogens (tertiary/aromatic N) is 3. The summed E-state index contributed by atoms with van der Waals surface area (Å²) in [4.78, 5) is 20.6. The zero-order valence-electron chi connectivity index (χ0n) is 11.3. The van der Waals surface area contributed by atoms with Crippen molar-refractivity contribution in [3.63, 3.8) is 0 Å². The first kappa shape index (κ1) is 13.3. The van der Waals surface area contributed by atoms with Gasteiger partial charge in [-0.2, -0.15) is 0 Å². The lowest BCUT2D eigenvalue weighted by Gasteiger charge is -2.44. The van der Waals surface area contributed by atoms with Gasteiger partial charge < -0.3 is 15.5 Å². The van der Waals surface area contributed by atoms with Gasteiger partial charge in [-0.25, -0.2) is 4.98 Å². The highest BCUT2D eigenvalue weighted by Crippen LogP contribution is 2.31. The van der Waals surface area contributed by atoms with Gasteiger partial charge in [0.25, 0.3) is 0 Å². The average molecular weight is 268 g/mol. The summed E-state index contributed by atoms with van der Waals surface area (Å²) < 4.78 is 0. The number of likely N-dealkylation sites (N-methyl/N-ethyl adjacent to an activating group) is 1. The summed E-state index contributed by atoms with van der Waals surface area (Å²) >= 11 is 1.55. The van der Waals surface area contributed by atoms with Crippen molar-refractivity contribution in [2.45, 2.75) is 32.4 Å². The van der Waals surface area contributed by atoms with Crippen LogP contribution in [0.25, 0.3) is 0 Å². The smallest absolute Gasteiger partial charge is 0.247 e. The molecule has 0 aliphatic carbocycles. The molecule has 6 heteroatoms. The van der Waals surface area contributed by atoms with Gasteiger partial charge in [0.05, 0.1) is 5.69 Å². The molecule has 5 nitrogen and oxygen atoms in total. The van der Waals surface area contributed by atoms with E-state index in [0.29, 0.717) is 0 Å². The summed E-state index contributed by atoms with van der Waals surface area (Å²) in [6.07, 6.45) is 0. The molecule has 1 atom stereocenters. The highest BCUT2D eigenvalue weighted by Gasteiger charge is 2.41. The third-order valence-electron chi connectivity index (χ3n) is 3.41. The highest BCUT2D eigenvalue weighted by atomic mass is 32.1. The Labute approximate surface area is 112 Å². The van der Waals surface area contributed by atoms with Gasteiger partial charge in [-0.1, -0.05) is 0 Å². The Morgan fingerprint density at radius 2 is 2.17 bits per heavy atom. The highest BCUT2D eigenvalue weighted by molar-refractivity contribution is 7.13. The maximum Gasteiger partial charge on any atom is 0.247 e. The van der Waals surface area contributed by atoms with Crippen molar-refractivity contribution in [3.8, 4) is 0 Å². The number of hydrogen-bond donors (Lipinski definition) is 1. The fourth-order valence-corrected chi connectivity index (χ4v) is 3.26. The van der Waals surface area contributed by atoms with Gasteiger partial charge in [0.1, 0.15) is 5.54 Å². The van der Waals surface area contributed by atoms with Crippen LogP contribution in [0.3, 0.4) is 0 Å². The van der Waals surface area contributed by atoms with Gasteiger partial charge in [0.2, 0.25) is 5.91 Å². The number of hydrogen-bond acceptors (Lipinski definition) is 5. The third kappa shape index (κ3) is 2.10. The number of piperazine rings is 1. The van der Waals surface area contributed by atoms with Crippen LogP contribution in [0.4, 0.5) is 5.13 Å². The number of anilines is 1. The van der Waals surface area contributed by atoms with Gasteiger partial charge in [-0.15, -0.1) is 11.3 Å². The minimum atomic E-state index is -0.542. The first-order valence-corrected chi connectivity index (χ1v) is 6.96. The number of carbonyl (C=O) groups excluding carboxylic acids is 1. The predicted octanol–water partition coefficient (Wildman–Crippen LogP) is 1.22. The number of rotatable bonds is 2. The van der Waals surface area contributed by atoms with Crippen LogP contribution in [0.2, 0.25) is 0 Å². The fraction of sp³-hybridized carbons (Fsp3) is 0.667. The normalized spacial score (nSPS) is 21.3. The number of aromatic nitrogens is 1. The molecule has 2 N–H and O–H groups in total. The van der Waals surface area contributed by atoms with Gasteiger partial charge in [0.15, 0.2) is 5.13 Å². The van der Waals surface area contributed by atoms with Gasteiger partial charge >= 0.3 is 0 Å². The van der Waals surface area contributed by atoms with E-state index in [-0.39, 0.29) is 11.9 Å². The molecule has 0 aromatic carbocycles. The molecule has 0 radical (unpaired) electrons. The second kappa shape index (κ2) is 4.51. The summed E-state index contributed by atoms with van der Waals surface area (Å²) in [5.41, 5.74) is 6.17. The maximum atomic E-state index is 12.2. The molecule has 18 heavy (non-hydrogen) atoms. The third-order valence-corrected chi connectivity index (χ3v) is 4.29. The minimum Gasteiger partial charge on any atom is -0.342 e. The Morgan fingerprint density at radius 1 is 1.50 bits per heavy atom. The summed E-state index contributed by atoms with van der Waals surface area (Å²) in [5, 5.41) is 2.85. The van der Waals surface area contributed by atoms with E-state index in [2.05, 4.69) is 9.88 Å². The molecular weight excluding hydrogens is 248 g/mol. The first-order valence-electron chi connectivity index (χ1n) is 6.08. The van der Waals surface area contributed by atoms with Crippen LogP contribution in [-0.4, -0.2) is 41.5 Å². The van der Waals surface area contributed by atoms with E-state index in [9.17, 15) is 4.79 Å². The van der Waals surface area contributed by atoms with Gasteiger partial charge in [-0.3, -0.25) is 4.79 Å². The molecule has 1 fully saturated rings. The average Bonchev–Trinajstić information content (AvgIpc) is 2.75. The fourth-order valence-electron chi connectivity index (χ4n) is 2.16. The van der Waals surface area contributed by atoms with Crippen LogP contribution in [0.5, 0.6) is 0 Å². The Morgan fingerprint density at radius 3 is 2.72 bits per heavy atom. The van der Waals surface area contributed by atoms with E-state index in [1.165, 1.54) is 0 Å². The zero-order valence-corrected chi connectivity index (χ0v) is 12.1. The lowest BCUT2D eigenvalue weighted by molar-refractivity contribution is -0.136. The molecular formula is C12H20N4OS. The molecule has 1 saturated heterocycles. The van der Waals surface area contributed by atoms with E-state index >= 15 is 0 Å². The molecule has 1 unspecified atom stereocenters. The molecule has 1 aromatic rings. The lowest BCUT2D eigenvalue weighted by Crippen LogP contribution is -2.62. The van der Waals surface area contributed by atoms with Crippen molar-refractivity contribution in [1.29, 1.82) is 0 Å². The topological polar surface area (TPSA) is 62.5 Å². The van der Waals surface area contributed by atoms with Crippen LogP contribution in [0.1, 0.15) is 32.5 Å². The summed E-state index contributed by atoms with van der Waals surface area (Å²) in [7, 11) is 1.84. The lowest BCUT2D eigenvalue weighted by atomic mass is 9.99. The summed E-state index contributed by atoms with van der Waals surface area (Å²) in [5.74, 6) is 0.131. The van der Waals surface area contributed by atoms with E-state index in [0.717, 1.165) is 23.9 Å². The van der Waals surface area contributed by atoms with E-state index in [4.69, 9.17) is 5.73 Å². The van der Waals surface area contributed by atoms with Crippen molar-refractivity contribution in [3.05, 3.63) is 11.1 Å². The van der Waals surface area contributed by atoms with Crippen LogP contribution < -0.4 is 10.6 Å². The largest absolute Gasteiger partial charge is 0.342 e. The minimum absolute atomic E-state index is 0.0683. The summed E-state index contributed by atoms with van der Waals surface area (Å²) in [6, 6.07) is -0.0683. The predicted molar refractivity (Wildman–Crippen MR) is 73.8 cm³/mol. The zero-order chi connectivity index (χ0) is 13.5. The van der Waals surface area contributed by atoms with Gasteiger partial charge in [0, 0.05) is 31.6 Å². The number of nitrogens with two attached hydrogens (primary N) is 1. The Hall–Kier alpha value is -1.14. The maximum absolute atomic E-state index is 12.2. The molecule has 100 valence electrons. The second-order valence-electron chi connectivity index (χ2n) is 5.28. The van der Waals surface area contributed by atoms with Crippen LogP contribution in [0, 0.1) is 0 Å². The molecule has 1 amide bonds. The van der Waals surface area contributed by atoms with Crippen LogP contribution in [-0.2, 0) is 4.79 Å². The molecule has 1 aliphatic rings. The van der Waals surface area contributed by atoms with E-state index < -0.39 is 5.54 Å². The van der Waals surface area contributed by atoms with Crippen LogP contribution >= 0.6 is 11.3 Å². The molecule has 1 aromatic heterocycles. The van der Waals surface area contributed by atoms with E-state index in [1.54, 1.807) is 16.2 Å². The number of carbonyl (C=O) groups is 1. The molecule has 0 spiro atoms. The summed E-state index contributed by atoms with van der Waals surface area (Å²) in [6.45, 7) is 7.34. The number of amides is 1. The number of thiazole rings is 1. The molecule has 2 rings (SSSR count). The van der Waals surface area contributed by atoms with Crippen molar-refractivity contribution >= 4 is 22.4 Å². The standard InChI is InChI=1S/C12H20N4OS/c1-8(13)9-7-18-11(14-9)16-6-5-15(4)10(17)12(16,2)3/h7-8H,5-6,13H2,1-4H3. The molecule has 1 aliphatic heterocycles. The Balaban J connectivity index is 2.29. The van der Waals surface area contributed by atoms with Crippen molar-refractivity contribution in [2.75, 3.05) is 25.0 Å². The first-order chi connectivity index (χ1) is 8.34. The molecule has 0 bridgehead atoms. The Bertz CT molecular complexity index is 455. The van der Waals surface area contributed by atoms with Crippen molar-refractivity contribution < 1.29 is 4.79 Å². The van der Waals surface area contributed by atoms with E-state index in [1.807, 2.05) is 33.2 Å². The SMILES string of the molecule is CC(N)c1csc(N2CCN(C)C(=O)C2(C)C)n1. The molecule has 0 saturated carbocycles. The van der Waals surface area contributed by atoms with Crippen LogP contribution in [0.15, 0.2) is 5.38 Å². The van der Waals surface area contributed by atoms with Gasteiger partial charge in [-0.05, 0) is 20.8 Å². The quantitative estimate of drug-likeness (QED) is 0.876. The van der Waals surface area contributed by atoms with Crippen molar-refractivity contribution in [1.82, 2.24) is 9.88 Å². The Kier molecular flexibility index (Phi) is 3.33.